The van der Waals surface area contributed by atoms with Crippen molar-refractivity contribution in [2.75, 3.05) is 0 Å². The molecule has 2 unspecified atom stereocenters. The van der Waals surface area contributed by atoms with Crippen LogP contribution in [0.4, 0.5) is 0 Å². The smallest absolute Gasteiger partial charge is 0.790 e. The SMILES string of the molecule is O=P([O-])([O-])OC1[C@@H](O)[C@H](O)C(O)[C@H](O)[C@@H]1O.[K+].[K+]. The van der Waals surface area contributed by atoms with E-state index in [4.69, 9.17) is 15.3 Å². The second-order valence-corrected chi connectivity index (χ2v) is 4.58. The molecule has 0 aromatic rings. The van der Waals surface area contributed by atoms with Crippen molar-refractivity contribution < 1.29 is 147 Å². The summed E-state index contributed by atoms with van der Waals surface area (Å²) >= 11 is 0. The zero-order chi connectivity index (χ0) is 12.7. The predicted molar refractivity (Wildman–Crippen MR) is 42.5 cm³/mol. The van der Waals surface area contributed by atoms with Crippen LogP contribution < -0.4 is 113 Å². The van der Waals surface area contributed by atoms with E-state index in [-0.39, 0.29) is 103 Å². The standard InChI is InChI=1S/C6H13O9P.2K/c7-1-2(8)4(10)6(5(11)3(1)9)15-16(12,13)14;;/h1-11H,(H2,12,13,14);;/q;2*+1/p-2/t1?,2-,3+,4-,5-,6?;;/m0../s1. The third-order valence-electron chi connectivity index (χ3n) is 2.32. The van der Waals surface area contributed by atoms with Crippen molar-refractivity contribution in [2.24, 2.45) is 0 Å². The number of aliphatic hydroxyl groups excluding tert-OH is 5. The summed E-state index contributed by atoms with van der Waals surface area (Å²) < 4.78 is 14.1. The van der Waals surface area contributed by atoms with E-state index in [1.54, 1.807) is 0 Å². The minimum atomic E-state index is -5.51. The topological polar surface area (TPSA) is 174 Å². The van der Waals surface area contributed by atoms with Crippen molar-refractivity contribution in [3.05, 3.63) is 0 Å². The summed E-state index contributed by atoms with van der Waals surface area (Å²) in [6.45, 7) is 0. The van der Waals surface area contributed by atoms with Gasteiger partial charge in [0.1, 0.15) is 36.6 Å². The summed E-state index contributed by atoms with van der Waals surface area (Å²) in [5, 5.41) is 45.9. The largest absolute Gasteiger partial charge is 1.00 e. The van der Waals surface area contributed by atoms with Crippen LogP contribution in [0, 0.1) is 0 Å². The van der Waals surface area contributed by atoms with Gasteiger partial charge in [0, 0.05) is 0 Å². The van der Waals surface area contributed by atoms with E-state index in [2.05, 4.69) is 4.52 Å². The maximum absolute atomic E-state index is 10.3. The van der Waals surface area contributed by atoms with Gasteiger partial charge < -0.3 is 44.4 Å². The molecule has 5 N–H and O–H groups in total. The summed E-state index contributed by atoms with van der Waals surface area (Å²) in [6, 6.07) is 0. The van der Waals surface area contributed by atoms with E-state index in [0.717, 1.165) is 0 Å². The molecule has 9 nitrogen and oxygen atoms in total. The first kappa shape index (κ1) is 23.4. The van der Waals surface area contributed by atoms with Gasteiger partial charge in [0.25, 0.3) is 0 Å². The molecule has 1 rings (SSSR count). The molecular weight excluding hydrogens is 325 g/mol. The van der Waals surface area contributed by atoms with E-state index in [9.17, 15) is 24.6 Å². The molecule has 0 aliphatic heterocycles. The van der Waals surface area contributed by atoms with Crippen molar-refractivity contribution in [1.82, 2.24) is 0 Å². The average molecular weight is 336 g/mol. The summed E-state index contributed by atoms with van der Waals surface area (Å²) in [6.07, 6.45) is -11.8. The first-order valence-electron chi connectivity index (χ1n) is 4.26. The van der Waals surface area contributed by atoms with Gasteiger partial charge in [-0.2, -0.15) is 0 Å². The molecule has 1 saturated carbocycles. The fraction of sp³-hybridized carbons (Fsp3) is 1.00. The molecule has 0 aromatic heterocycles. The van der Waals surface area contributed by atoms with Crippen molar-refractivity contribution >= 4 is 7.82 Å². The van der Waals surface area contributed by atoms with Crippen LogP contribution in [-0.4, -0.2) is 62.2 Å². The van der Waals surface area contributed by atoms with Gasteiger partial charge in [0.05, 0.1) is 7.82 Å². The first-order valence-corrected chi connectivity index (χ1v) is 5.72. The Labute approximate surface area is 188 Å². The fourth-order valence-electron chi connectivity index (χ4n) is 1.47. The Morgan fingerprint density at radius 1 is 0.778 bits per heavy atom. The molecule has 6 atom stereocenters. The van der Waals surface area contributed by atoms with E-state index in [0.29, 0.717) is 0 Å². The number of aliphatic hydroxyl groups is 5. The van der Waals surface area contributed by atoms with E-state index >= 15 is 0 Å². The molecule has 96 valence electrons. The molecule has 0 aromatic carbocycles. The zero-order valence-corrected chi connectivity index (χ0v) is 16.9. The third-order valence-corrected chi connectivity index (χ3v) is 2.83. The fourth-order valence-corrected chi connectivity index (χ4v) is 2.02. The second kappa shape index (κ2) is 9.35. The molecule has 1 aliphatic carbocycles. The van der Waals surface area contributed by atoms with Crippen LogP contribution >= 0.6 is 7.82 Å². The minimum Gasteiger partial charge on any atom is -0.790 e. The first-order chi connectivity index (χ1) is 7.15. The van der Waals surface area contributed by atoms with Crippen LogP contribution in [0.2, 0.25) is 0 Å². The average Bonchev–Trinajstić information content (AvgIpc) is 2.17. The molecule has 12 heteroatoms. The summed E-state index contributed by atoms with van der Waals surface area (Å²) in [5.41, 5.74) is 0. The maximum atomic E-state index is 10.3. The number of phosphoric ester groups is 1. The van der Waals surface area contributed by atoms with Crippen LogP contribution in [-0.2, 0) is 9.09 Å². The van der Waals surface area contributed by atoms with Crippen molar-refractivity contribution in [3.8, 4) is 0 Å². The molecular formula is C6H11K2O9P. The van der Waals surface area contributed by atoms with Crippen molar-refractivity contribution in [1.29, 1.82) is 0 Å². The van der Waals surface area contributed by atoms with Gasteiger partial charge in [-0.1, -0.05) is 0 Å². The third kappa shape index (κ3) is 6.12. The number of rotatable bonds is 2. The molecule has 0 amide bonds. The van der Waals surface area contributed by atoms with Gasteiger partial charge in [-0.3, -0.25) is 0 Å². The number of hydrogen-bond acceptors (Lipinski definition) is 9. The monoisotopic (exact) mass is 336 g/mol. The molecule has 1 fully saturated rings. The van der Waals surface area contributed by atoms with Crippen LogP contribution in [0.3, 0.4) is 0 Å². The van der Waals surface area contributed by atoms with Crippen LogP contribution in [0.25, 0.3) is 0 Å². The summed E-state index contributed by atoms with van der Waals surface area (Å²) in [7, 11) is -5.51. The van der Waals surface area contributed by atoms with Gasteiger partial charge >= 0.3 is 103 Å². The van der Waals surface area contributed by atoms with E-state index < -0.39 is 44.4 Å². The molecule has 0 bridgehead atoms. The Bertz CT molecular complexity index is 283. The minimum absolute atomic E-state index is 0. The number of phosphoric acid groups is 1. The quantitative estimate of drug-likeness (QED) is 0.242. The van der Waals surface area contributed by atoms with E-state index in [1.807, 2.05) is 0 Å². The van der Waals surface area contributed by atoms with Crippen molar-refractivity contribution in [2.45, 2.75) is 36.6 Å². The van der Waals surface area contributed by atoms with Gasteiger partial charge in [-0.15, -0.1) is 0 Å². The Morgan fingerprint density at radius 2 is 1.06 bits per heavy atom. The summed E-state index contributed by atoms with van der Waals surface area (Å²) in [5.74, 6) is 0. The molecule has 1 aliphatic rings. The van der Waals surface area contributed by atoms with Crippen LogP contribution in [0.5, 0.6) is 0 Å². The van der Waals surface area contributed by atoms with Gasteiger partial charge in [0.2, 0.25) is 0 Å². The van der Waals surface area contributed by atoms with Crippen LogP contribution in [0.15, 0.2) is 0 Å². The Morgan fingerprint density at radius 3 is 1.33 bits per heavy atom. The Balaban J connectivity index is 0. The van der Waals surface area contributed by atoms with Crippen molar-refractivity contribution in [3.63, 3.8) is 0 Å². The Kier molecular flexibility index (Phi) is 12.2. The second-order valence-electron chi connectivity index (χ2n) is 3.47. The number of hydrogen-bond donors (Lipinski definition) is 5. The van der Waals surface area contributed by atoms with Gasteiger partial charge in [-0.25, -0.2) is 0 Å². The maximum Gasteiger partial charge on any atom is 1.00 e. The summed E-state index contributed by atoms with van der Waals surface area (Å²) in [4.78, 5) is 20.6. The Hall–Kier alpha value is 3.18. The zero-order valence-electron chi connectivity index (χ0n) is 9.78. The molecule has 0 radical (unpaired) electrons. The molecule has 0 spiro atoms. The molecule has 0 heterocycles. The normalized spacial score (nSPS) is 40.6. The van der Waals surface area contributed by atoms with Gasteiger partial charge in [0.15, 0.2) is 0 Å². The predicted octanol–water partition coefficient (Wildman–Crippen LogP) is -11.0. The molecule has 18 heavy (non-hydrogen) atoms. The molecule has 0 saturated heterocycles. The van der Waals surface area contributed by atoms with Gasteiger partial charge in [-0.05, 0) is 0 Å². The van der Waals surface area contributed by atoms with Crippen LogP contribution in [0.1, 0.15) is 0 Å². The van der Waals surface area contributed by atoms with E-state index in [1.165, 1.54) is 0 Å².